The van der Waals surface area contributed by atoms with E-state index in [0.29, 0.717) is 21.7 Å². The number of hydrogen-bond acceptors (Lipinski definition) is 3. The highest BCUT2D eigenvalue weighted by molar-refractivity contribution is 6.38. The van der Waals surface area contributed by atoms with Crippen molar-refractivity contribution in [2.45, 2.75) is 6.92 Å². The second-order valence-corrected chi connectivity index (χ2v) is 5.28. The molecule has 0 aliphatic heterocycles. The highest BCUT2D eigenvalue weighted by Crippen LogP contribution is 2.30. The lowest BCUT2D eigenvalue weighted by Crippen LogP contribution is -2.01. The highest BCUT2D eigenvalue weighted by atomic mass is 35.5. The van der Waals surface area contributed by atoms with Crippen LogP contribution in [-0.2, 0) is 0 Å². The Morgan fingerprint density at radius 1 is 1.33 bits per heavy atom. The number of carboxylic acid groups (broad SMARTS) is 1. The number of aryl methyl sites for hydroxylation is 1. The third-order valence-electron chi connectivity index (χ3n) is 3.09. The molecule has 0 amide bonds. The lowest BCUT2D eigenvalue weighted by molar-refractivity contribution is 0.0697. The van der Waals surface area contributed by atoms with Gasteiger partial charge in [0.1, 0.15) is 0 Å². The SMILES string of the molecule is Cc1nn(-c2cccc(Cl)c2)c2ncc(C(=O)O)c(Cl)c12. The van der Waals surface area contributed by atoms with E-state index in [4.69, 9.17) is 28.3 Å². The highest BCUT2D eigenvalue weighted by Gasteiger charge is 2.19. The van der Waals surface area contributed by atoms with Crippen molar-refractivity contribution in [3.8, 4) is 5.69 Å². The molecule has 0 saturated carbocycles. The Hall–Kier alpha value is -2.11. The number of carboxylic acids is 1. The van der Waals surface area contributed by atoms with Gasteiger partial charge in [-0.3, -0.25) is 0 Å². The second-order valence-electron chi connectivity index (χ2n) is 4.47. The summed E-state index contributed by atoms with van der Waals surface area (Å²) in [5, 5.41) is 14.7. The van der Waals surface area contributed by atoms with Crippen LogP contribution in [0.25, 0.3) is 16.7 Å². The van der Waals surface area contributed by atoms with Crippen LogP contribution in [-0.4, -0.2) is 25.8 Å². The molecular formula is C14H9Cl2N3O2. The number of carbonyl (C=O) groups is 1. The molecule has 0 saturated heterocycles. The van der Waals surface area contributed by atoms with Gasteiger partial charge in [-0.2, -0.15) is 5.10 Å². The van der Waals surface area contributed by atoms with Gasteiger partial charge in [0.05, 0.1) is 27.4 Å². The number of fused-ring (bicyclic) bond motifs is 1. The zero-order chi connectivity index (χ0) is 15.1. The molecule has 5 nitrogen and oxygen atoms in total. The minimum atomic E-state index is -1.12. The number of nitrogens with zero attached hydrogens (tertiary/aromatic N) is 3. The molecule has 0 spiro atoms. The van der Waals surface area contributed by atoms with E-state index in [1.165, 1.54) is 6.20 Å². The Morgan fingerprint density at radius 3 is 2.76 bits per heavy atom. The van der Waals surface area contributed by atoms with E-state index in [1.807, 2.05) is 6.07 Å². The summed E-state index contributed by atoms with van der Waals surface area (Å²) in [6.45, 7) is 1.75. The van der Waals surface area contributed by atoms with E-state index in [9.17, 15) is 4.79 Å². The first-order chi connectivity index (χ1) is 9.99. The van der Waals surface area contributed by atoms with Gasteiger partial charge in [-0.15, -0.1) is 0 Å². The van der Waals surface area contributed by atoms with Crippen molar-refractivity contribution in [3.05, 3.63) is 51.8 Å². The predicted molar refractivity (Wildman–Crippen MR) is 80.6 cm³/mol. The molecule has 0 atom stereocenters. The molecule has 0 aliphatic carbocycles. The van der Waals surface area contributed by atoms with Crippen LogP contribution in [0.1, 0.15) is 16.1 Å². The van der Waals surface area contributed by atoms with E-state index in [2.05, 4.69) is 10.1 Å². The fraction of sp³-hybridized carbons (Fsp3) is 0.0714. The van der Waals surface area contributed by atoms with Crippen molar-refractivity contribution in [1.29, 1.82) is 0 Å². The van der Waals surface area contributed by atoms with Crippen molar-refractivity contribution >= 4 is 40.2 Å². The zero-order valence-electron chi connectivity index (χ0n) is 10.8. The maximum atomic E-state index is 11.1. The molecule has 2 aromatic heterocycles. The average Bonchev–Trinajstić information content (AvgIpc) is 2.77. The Bertz CT molecular complexity index is 874. The summed E-state index contributed by atoms with van der Waals surface area (Å²) in [7, 11) is 0. The largest absolute Gasteiger partial charge is 0.478 e. The lowest BCUT2D eigenvalue weighted by Gasteiger charge is -2.04. The molecule has 2 heterocycles. The monoisotopic (exact) mass is 321 g/mol. The summed E-state index contributed by atoms with van der Waals surface area (Å²) in [6.07, 6.45) is 1.23. The van der Waals surface area contributed by atoms with Crippen LogP contribution in [0.15, 0.2) is 30.5 Å². The predicted octanol–water partition coefficient (Wildman–Crippen LogP) is 3.73. The first-order valence-corrected chi connectivity index (χ1v) is 6.77. The summed E-state index contributed by atoms with van der Waals surface area (Å²) in [6, 6.07) is 7.13. The van der Waals surface area contributed by atoms with E-state index in [1.54, 1.807) is 29.8 Å². The Labute approximate surface area is 129 Å². The molecule has 0 aliphatic rings. The van der Waals surface area contributed by atoms with Gasteiger partial charge >= 0.3 is 5.97 Å². The standard InChI is InChI=1S/C14H9Cl2N3O2/c1-7-11-12(16)10(14(20)21)6-17-13(11)19(18-7)9-4-2-3-8(15)5-9/h2-6H,1H3,(H,20,21). The molecule has 106 valence electrons. The second kappa shape index (κ2) is 5.02. The molecule has 0 unspecified atom stereocenters. The van der Waals surface area contributed by atoms with E-state index < -0.39 is 5.97 Å². The lowest BCUT2D eigenvalue weighted by atomic mass is 10.2. The molecule has 0 fully saturated rings. The van der Waals surface area contributed by atoms with Gasteiger partial charge in [-0.1, -0.05) is 29.3 Å². The van der Waals surface area contributed by atoms with Gasteiger partial charge in [0, 0.05) is 11.2 Å². The quantitative estimate of drug-likeness (QED) is 0.780. The first-order valence-electron chi connectivity index (χ1n) is 6.02. The van der Waals surface area contributed by atoms with Gasteiger partial charge < -0.3 is 5.11 Å². The number of aromatic nitrogens is 3. The topological polar surface area (TPSA) is 68.0 Å². The number of halogens is 2. The van der Waals surface area contributed by atoms with Gasteiger partial charge in [0.25, 0.3) is 0 Å². The van der Waals surface area contributed by atoms with Crippen LogP contribution < -0.4 is 0 Å². The molecule has 3 aromatic rings. The van der Waals surface area contributed by atoms with Crippen molar-refractivity contribution in [1.82, 2.24) is 14.8 Å². The van der Waals surface area contributed by atoms with E-state index in [0.717, 1.165) is 5.69 Å². The minimum absolute atomic E-state index is 0.0436. The number of benzene rings is 1. The summed E-state index contributed by atoms with van der Waals surface area (Å²) >= 11 is 12.2. The molecule has 21 heavy (non-hydrogen) atoms. The van der Waals surface area contributed by atoms with Crippen molar-refractivity contribution in [2.75, 3.05) is 0 Å². The summed E-state index contributed by atoms with van der Waals surface area (Å²) < 4.78 is 1.59. The first kappa shape index (κ1) is 13.9. The van der Waals surface area contributed by atoms with Crippen LogP contribution in [0, 0.1) is 6.92 Å². The number of pyridine rings is 1. The molecule has 1 N–H and O–H groups in total. The van der Waals surface area contributed by atoms with Gasteiger partial charge in [-0.05, 0) is 25.1 Å². The Kier molecular flexibility index (Phi) is 3.31. The summed E-state index contributed by atoms with van der Waals surface area (Å²) in [5.41, 5.74) is 1.78. The van der Waals surface area contributed by atoms with Crippen molar-refractivity contribution in [2.24, 2.45) is 0 Å². The van der Waals surface area contributed by atoms with Gasteiger partial charge in [-0.25, -0.2) is 14.5 Å². The van der Waals surface area contributed by atoms with E-state index >= 15 is 0 Å². The number of hydrogen-bond donors (Lipinski definition) is 1. The van der Waals surface area contributed by atoms with Crippen LogP contribution in [0.5, 0.6) is 0 Å². The fourth-order valence-corrected chi connectivity index (χ4v) is 2.68. The average molecular weight is 322 g/mol. The number of aromatic carboxylic acids is 1. The van der Waals surface area contributed by atoms with Crippen LogP contribution in [0.3, 0.4) is 0 Å². The maximum Gasteiger partial charge on any atom is 0.338 e. The van der Waals surface area contributed by atoms with E-state index in [-0.39, 0.29) is 10.6 Å². The molecule has 1 aromatic carbocycles. The zero-order valence-corrected chi connectivity index (χ0v) is 12.4. The van der Waals surface area contributed by atoms with Crippen LogP contribution in [0.4, 0.5) is 0 Å². The minimum Gasteiger partial charge on any atom is -0.478 e. The Balaban J connectivity index is 2.33. The Morgan fingerprint density at radius 2 is 2.10 bits per heavy atom. The van der Waals surface area contributed by atoms with Gasteiger partial charge in [0.15, 0.2) is 5.65 Å². The molecule has 0 bridgehead atoms. The van der Waals surface area contributed by atoms with Crippen LogP contribution in [0.2, 0.25) is 10.0 Å². The van der Waals surface area contributed by atoms with Crippen molar-refractivity contribution in [3.63, 3.8) is 0 Å². The number of rotatable bonds is 2. The van der Waals surface area contributed by atoms with Gasteiger partial charge in [0.2, 0.25) is 0 Å². The molecule has 0 radical (unpaired) electrons. The summed E-state index contributed by atoms with van der Waals surface area (Å²) in [4.78, 5) is 15.3. The van der Waals surface area contributed by atoms with Crippen LogP contribution >= 0.6 is 23.2 Å². The third-order valence-corrected chi connectivity index (χ3v) is 3.72. The normalized spacial score (nSPS) is 11.0. The van der Waals surface area contributed by atoms with Crippen molar-refractivity contribution < 1.29 is 9.90 Å². The molecular weight excluding hydrogens is 313 g/mol. The smallest absolute Gasteiger partial charge is 0.338 e. The third kappa shape index (κ3) is 2.24. The summed E-state index contributed by atoms with van der Waals surface area (Å²) in [5.74, 6) is -1.12. The molecule has 7 heteroatoms. The molecule has 3 rings (SSSR count). The maximum absolute atomic E-state index is 11.1. The fourth-order valence-electron chi connectivity index (χ4n) is 2.15.